The highest BCUT2D eigenvalue weighted by Crippen LogP contribution is 2.33. The van der Waals surface area contributed by atoms with Gasteiger partial charge in [0, 0.05) is 24.2 Å². The minimum Gasteiger partial charge on any atom is -0.491 e. The second-order valence-electron chi connectivity index (χ2n) is 4.20. The van der Waals surface area contributed by atoms with Gasteiger partial charge in [-0.05, 0) is 25.5 Å². The highest BCUT2D eigenvalue weighted by Gasteiger charge is 2.18. The lowest BCUT2D eigenvalue weighted by Gasteiger charge is -2.11. The quantitative estimate of drug-likeness (QED) is 0.776. The number of rotatable bonds is 2. The van der Waals surface area contributed by atoms with E-state index in [2.05, 4.69) is 30.4 Å². The van der Waals surface area contributed by atoms with Gasteiger partial charge in [0.25, 0.3) is 0 Å². The van der Waals surface area contributed by atoms with Crippen LogP contribution in [0.5, 0.6) is 5.75 Å². The molecule has 0 bridgehead atoms. The van der Waals surface area contributed by atoms with Crippen LogP contribution in [0.15, 0.2) is 18.2 Å². The Hall–Kier alpha value is -1.18. The average Bonchev–Trinajstić information content (AvgIpc) is 2.46. The van der Waals surface area contributed by atoms with Crippen LogP contribution in [0.2, 0.25) is 0 Å². The van der Waals surface area contributed by atoms with Crippen molar-refractivity contribution in [1.82, 2.24) is 0 Å². The molecule has 14 heavy (non-hydrogen) atoms. The molecular formula is C12H17NO. The fraction of sp³-hybridized carbons (Fsp3) is 0.500. The molecular weight excluding hydrogens is 174 g/mol. The highest BCUT2D eigenvalue weighted by molar-refractivity contribution is 5.60. The maximum Gasteiger partial charge on any atom is 0.121 e. The van der Waals surface area contributed by atoms with E-state index in [1.165, 1.54) is 11.3 Å². The Morgan fingerprint density at radius 2 is 2.21 bits per heavy atom. The summed E-state index contributed by atoms with van der Waals surface area (Å²) in [6.45, 7) is 7.37. The summed E-state index contributed by atoms with van der Waals surface area (Å²) >= 11 is 0. The first-order valence-corrected chi connectivity index (χ1v) is 5.21. The fourth-order valence-electron chi connectivity index (χ4n) is 1.84. The maximum absolute atomic E-state index is 5.63. The largest absolute Gasteiger partial charge is 0.491 e. The van der Waals surface area contributed by atoms with Crippen LogP contribution < -0.4 is 10.1 Å². The summed E-state index contributed by atoms with van der Waals surface area (Å²) in [6, 6.07) is 6.32. The van der Waals surface area contributed by atoms with Crippen molar-refractivity contribution < 1.29 is 4.74 Å². The van der Waals surface area contributed by atoms with E-state index in [4.69, 9.17) is 4.74 Å². The van der Waals surface area contributed by atoms with Gasteiger partial charge in [0.05, 0.1) is 6.10 Å². The Morgan fingerprint density at radius 3 is 2.93 bits per heavy atom. The molecule has 2 rings (SSSR count). The van der Waals surface area contributed by atoms with E-state index in [-0.39, 0.29) is 6.10 Å². The summed E-state index contributed by atoms with van der Waals surface area (Å²) in [6.07, 6.45) is 0.242. The molecule has 1 atom stereocenters. The molecule has 0 aliphatic carbocycles. The van der Waals surface area contributed by atoms with Gasteiger partial charge in [0.1, 0.15) is 5.75 Å². The molecule has 0 spiro atoms. The molecule has 1 aromatic carbocycles. The number of nitrogens with one attached hydrogen (secondary N) is 1. The molecule has 1 aliphatic rings. The molecule has 0 aromatic heterocycles. The van der Waals surface area contributed by atoms with E-state index in [0.29, 0.717) is 5.92 Å². The van der Waals surface area contributed by atoms with Gasteiger partial charge in [-0.15, -0.1) is 0 Å². The van der Waals surface area contributed by atoms with Gasteiger partial charge in [-0.1, -0.05) is 13.0 Å². The third-order valence-corrected chi connectivity index (χ3v) is 2.53. The minimum atomic E-state index is 0.242. The summed E-state index contributed by atoms with van der Waals surface area (Å²) < 4.78 is 5.63. The second-order valence-corrected chi connectivity index (χ2v) is 4.20. The van der Waals surface area contributed by atoms with Crippen molar-refractivity contribution in [2.45, 2.75) is 32.8 Å². The van der Waals surface area contributed by atoms with Crippen molar-refractivity contribution in [2.75, 3.05) is 11.9 Å². The van der Waals surface area contributed by atoms with Crippen molar-refractivity contribution in [3.63, 3.8) is 0 Å². The minimum absolute atomic E-state index is 0.242. The molecule has 1 N–H and O–H groups in total. The molecule has 76 valence electrons. The summed E-state index contributed by atoms with van der Waals surface area (Å²) in [4.78, 5) is 0. The number of ether oxygens (including phenoxy) is 1. The van der Waals surface area contributed by atoms with E-state index in [1.807, 2.05) is 13.8 Å². The van der Waals surface area contributed by atoms with Crippen LogP contribution >= 0.6 is 0 Å². The zero-order valence-corrected chi connectivity index (χ0v) is 9.00. The monoisotopic (exact) mass is 191 g/mol. The van der Waals surface area contributed by atoms with Crippen LogP contribution in [-0.4, -0.2) is 12.6 Å². The Bertz CT molecular complexity index is 333. The zero-order chi connectivity index (χ0) is 10.1. The first kappa shape index (κ1) is 9.38. The van der Waals surface area contributed by atoms with Gasteiger partial charge in [-0.2, -0.15) is 0 Å². The van der Waals surface area contributed by atoms with E-state index >= 15 is 0 Å². The maximum atomic E-state index is 5.63. The number of benzene rings is 1. The normalized spacial score (nSPS) is 19.3. The van der Waals surface area contributed by atoms with Gasteiger partial charge in [0.2, 0.25) is 0 Å². The molecule has 1 heterocycles. The van der Waals surface area contributed by atoms with Gasteiger partial charge in [0.15, 0.2) is 0 Å². The van der Waals surface area contributed by atoms with Crippen molar-refractivity contribution in [2.24, 2.45) is 0 Å². The van der Waals surface area contributed by atoms with Gasteiger partial charge in [-0.3, -0.25) is 0 Å². The predicted molar refractivity (Wildman–Crippen MR) is 59.1 cm³/mol. The van der Waals surface area contributed by atoms with Crippen LogP contribution in [0, 0.1) is 0 Å². The molecule has 0 saturated carbocycles. The van der Waals surface area contributed by atoms with Crippen LogP contribution in [0.4, 0.5) is 5.69 Å². The Kier molecular flexibility index (Phi) is 2.36. The summed E-state index contributed by atoms with van der Waals surface area (Å²) in [5.74, 6) is 1.58. The summed E-state index contributed by atoms with van der Waals surface area (Å²) in [7, 11) is 0. The number of hydrogen-bond donors (Lipinski definition) is 1. The van der Waals surface area contributed by atoms with Crippen molar-refractivity contribution in [1.29, 1.82) is 0 Å². The SMILES string of the molecule is CC(C)Oc1ccc2c(c1)NCC2C. The summed E-state index contributed by atoms with van der Waals surface area (Å²) in [5.41, 5.74) is 2.64. The third kappa shape index (κ3) is 1.69. The number of fused-ring (bicyclic) bond motifs is 1. The van der Waals surface area contributed by atoms with Crippen molar-refractivity contribution in [3.8, 4) is 5.75 Å². The molecule has 0 fully saturated rings. The lowest BCUT2D eigenvalue weighted by atomic mass is 10.0. The fourth-order valence-corrected chi connectivity index (χ4v) is 1.84. The Morgan fingerprint density at radius 1 is 1.43 bits per heavy atom. The summed E-state index contributed by atoms with van der Waals surface area (Å²) in [5, 5.41) is 3.38. The standard InChI is InChI=1S/C12H17NO/c1-8(2)14-10-4-5-11-9(3)7-13-12(11)6-10/h4-6,8-9,13H,7H2,1-3H3. The zero-order valence-electron chi connectivity index (χ0n) is 9.00. The Balaban J connectivity index is 2.24. The van der Waals surface area contributed by atoms with Crippen LogP contribution in [0.25, 0.3) is 0 Å². The van der Waals surface area contributed by atoms with Gasteiger partial charge < -0.3 is 10.1 Å². The van der Waals surface area contributed by atoms with Crippen LogP contribution in [0.1, 0.15) is 32.3 Å². The molecule has 2 nitrogen and oxygen atoms in total. The average molecular weight is 191 g/mol. The molecule has 0 saturated heterocycles. The van der Waals surface area contributed by atoms with Gasteiger partial charge in [-0.25, -0.2) is 0 Å². The van der Waals surface area contributed by atoms with E-state index in [9.17, 15) is 0 Å². The first-order chi connectivity index (χ1) is 6.66. The lowest BCUT2D eigenvalue weighted by Crippen LogP contribution is -2.05. The van der Waals surface area contributed by atoms with Gasteiger partial charge >= 0.3 is 0 Å². The van der Waals surface area contributed by atoms with E-state index in [1.54, 1.807) is 0 Å². The molecule has 1 aliphatic heterocycles. The predicted octanol–water partition coefficient (Wildman–Crippen LogP) is 3.00. The second kappa shape index (κ2) is 3.52. The van der Waals surface area contributed by atoms with Crippen molar-refractivity contribution >= 4 is 5.69 Å². The topological polar surface area (TPSA) is 21.3 Å². The Labute approximate surface area is 85.3 Å². The van der Waals surface area contributed by atoms with E-state index in [0.717, 1.165) is 12.3 Å². The number of hydrogen-bond acceptors (Lipinski definition) is 2. The molecule has 1 unspecified atom stereocenters. The molecule has 0 amide bonds. The lowest BCUT2D eigenvalue weighted by molar-refractivity contribution is 0.242. The third-order valence-electron chi connectivity index (χ3n) is 2.53. The van der Waals surface area contributed by atoms with E-state index < -0.39 is 0 Å². The van der Waals surface area contributed by atoms with Crippen LogP contribution in [-0.2, 0) is 0 Å². The number of anilines is 1. The first-order valence-electron chi connectivity index (χ1n) is 5.21. The molecule has 2 heteroatoms. The highest BCUT2D eigenvalue weighted by atomic mass is 16.5. The van der Waals surface area contributed by atoms with Crippen LogP contribution in [0.3, 0.4) is 0 Å². The molecule has 1 aromatic rings. The molecule has 0 radical (unpaired) electrons. The smallest absolute Gasteiger partial charge is 0.121 e. The van der Waals surface area contributed by atoms with Crippen molar-refractivity contribution in [3.05, 3.63) is 23.8 Å².